The molecule has 1 aliphatic heterocycles. The summed E-state index contributed by atoms with van der Waals surface area (Å²) in [6.45, 7) is 9.88. The molecule has 0 bridgehead atoms. The van der Waals surface area contributed by atoms with Gasteiger partial charge >= 0.3 is 6.09 Å². The third-order valence-electron chi connectivity index (χ3n) is 9.44. The van der Waals surface area contributed by atoms with Gasteiger partial charge in [0, 0.05) is 24.5 Å². The van der Waals surface area contributed by atoms with Gasteiger partial charge < -0.3 is 25.6 Å². The van der Waals surface area contributed by atoms with Crippen molar-refractivity contribution in [3.63, 3.8) is 0 Å². The van der Waals surface area contributed by atoms with Crippen molar-refractivity contribution in [1.82, 2.24) is 25.3 Å². The van der Waals surface area contributed by atoms with Gasteiger partial charge in [0.15, 0.2) is 0 Å². The predicted molar refractivity (Wildman–Crippen MR) is 168 cm³/mol. The first kappa shape index (κ1) is 31.1. The standard InChI is InChI=1S/C34H46N6O5/c1-19(2)40-27(14-16-35-40)30(41)38-29(28(20-6-7-20)21-8-9-21)31(42)36-23-11-12-24-22(18-23)10-13-26(24)39-17-15-25(32(39)43)37-33(44)45-34(3,4)5/h11-12,14,16,18-21,25-26,28-29H,6-10,13,15,17H2,1-5H3,(H,36,42)(H,37,44)(H,38,41)/t25-,26+,29-/m0/s1. The van der Waals surface area contributed by atoms with E-state index in [1.807, 2.05) is 36.9 Å². The minimum atomic E-state index is -0.636. The number of fused-ring (bicyclic) bond motifs is 1. The molecule has 2 heterocycles. The number of amides is 4. The summed E-state index contributed by atoms with van der Waals surface area (Å²) in [5, 5.41) is 13.3. The molecule has 45 heavy (non-hydrogen) atoms. The highest BCUT2D eigenvalue weighted by atomic mass is 16.6. The van der Waals surface area contributed by atoms with Gasteiger partial charge in [0.05, 0.1) is 6.04 Å². The Morgan fingerprint density at radius 1 is 1.00 bits per heavy atom. The van der Waals surface area contributed by atoms with Crippen LogP contribution in [0.5, 0.6) is 0 Å². The number of alkyl carbamates (subject to hydrolysis) is 1. The molecule has 2 aromatic rings. The van der Waals surface area contributed by atoms with E-state index in [-0.39, 0.29) is 35.7 Å². The van der Waals surface area contributed by atoms with Crippen molar-refractivity contribution in [1.29, 1.82) is 0 Å². The van der Waals surface area contributed by atoms with Gasteiger partial charge in [0.1, 0.15) is 23.4 Å². The highest BCUT2D eigenvalue weighted by Crippen LogP contribution is 2.51. The third-order valence-corrected chi connectivity index (χ3v) is 9.44. The Kier molecular flexibility index (Phi) is 8.39. The zero-order valence-corrected chi connectivity index (χ0v) is 27.0. The highest BCUT2D eigenvalue weighted by Gasteiger charge is 2.48. The number of benzene rings is 1. The fourth-order valence-electron chi connectivity index (χ4n) is 7.16. The minimum Gasteiger partial charge on any atom is -0.444 e. The third kappa shape index (κ3) is 6.87. The van der Waals surface area contributed by atoms with E-state index < -0.39 is 23.8 Å². The van der Waals surface area contributed by atoms with Crippen LogP contribution in [0.25, 0.3) is 0 Å². The van der Waals surface area contributed by atoms with Crippen LogP contribution in [0.1, 0.15) is 107 Å². The van der Waals surface area contributed by atoms with Crippen molar-refractivity contribution in [3.8, 4) is 0 Å². The first-order valence-corrected chi connectivity index (χ1v) is 16.5. The Hall–Kier alpha value is -3.89. The first-order valence-electron chi connectivity index (χ1n) is 16.5. The molecule has 0 spiro atoms. The van der Waals surface area contributed by atoms with Crippen LogP contribution in [-0.2, 0) is 20.7 Å². The largest absolute Gasteiger partial charge is 0.444 e. The first-order chi connectivity index (χ1) is 21.4. The number of aromatic nitrogens is 2. The van der Waals surface area contributed by atoms with E-state index >= 15 is 0 Å². The van der Waals surface area contributed by atoms with Crippen LogP contribution in [0.15, 0.2) is 30.5 Å². The maximum absolute atomic E-state index is 13.9. The number of anilines is 1. The number of rotatable bonds is 10. The van der Waals surface area contributed by atoms with E-state index in [1.54, 1.807) is 37.7 Å². The number of hydrogen-bond donors (Lipinski definition) is 3. The summed E-state index contributed by atoms with van der Waals surface area (Å²) in [7, 11) is 0. The highest BCUT2D eigenvalue weighted by molar-refractivity contribution is 6.01. The van der Waals surface area contributed by atoms with Crippen molar-refractivity contribution in [3.05, 3.63) is 47.3 Å². The van der Waals surface area contributed by atoms with E-state index in [4.69, 9.17) is 4.74 Å². The molecule has 4 aliphatic rings. The minimum absolute atomic E-state index is 0.0221. The lowest BCUT2D eigenvalue weighted by atomic mass is 9.88. The predicted octanol–water partition coefficient (Wildman–Crippen LogP) is 4.75. The molecule has 1 aromatic carbocycles. The summed E-state index contributed by atoms with van der Waals surface area (Å²) in [6, 6.07) is 6.31. The topological polar surface area (TPSA) is 135 Å². The van der Waals surface area contributed by atoms with Crippen molar-refractivity contribution in [2.75, 3.05) is 11.9 Å². The van der Waals surface area contributed by atoms with E-state index in [9.17, 15) is 19.2 Å². The van der Waals surface area contributed by atoms with Gasteiger partial charge in [0.25, 0.3) is 5.91 Å². The lowest BCUT2D eigenvalue weighted by Crippen LogP contribution is -2.50. The number of carbonyl (C=O) groups is 4. The molecule has 4 amide bonds. The molecule has 11 heteroatoms. The SMILES string of the molecule is CC(C)n1nccc1C(=O)N[C@H](C(=O)Nc1ccc2c(c1)CC[C@H]2N1CC[C@H](NC(=O)OC(C)(C)C)C1=O)C(C1CC1)C1CC1. The van der Waals surface area contributed by atoms with Gasteiger partial charge in [-0.3, -0.25) is 19.1 Å². The van der Waals surface area contributed by atoms with Gasteiger partial charge in [-0.05, 0) is 127 Å². The molecule has 1 saturated heterocycles. The Labute approximate surface area is 264 Å². The maximum Gasteiger partial charge on any atom is 0.408 e. The lowest BCUT2D eigenvalue weighted by Gasteiger charge is -2.28. The zero-order chi connectivity index (χ0) is 32.0. The molecule has 11 nitrogen and oxygen atoms in total. The Balaban J connectivity index is 1.14. The van der Waals surface area contributed by atoms with Gasteiger partial charge in [-0.25, -0.2) is 4.79 Å². The van der Waals surface area contributed by atoms with Crippen molar-refractivity contribution >= 4 is 29.5 Å². The average Bonchev–Trinajstić information content (AvgIpc) is 3.86. The summed E-state index contributed by atoms with van der Waals surface area (Å²) in [6.07, 6.45) is 7.50. The van der Waals surface area contributed by atoms with Crippen molar-refractivity contribution < 1.29 is 23.9 Å². The molecule has 6 rings (SSSR count). The molecule has 0 unspecified atom stereocenters. The fraction of sp³-hybridized carbons (Fsp3) is 0.618. The number of hydrogen-bond acceptors (Lipinski definition) is 6. The number of carbonyl (C=O) groups excluding carboxylic acids is 4. The van der Waals surface area contributed by atoms with Gasteiger partial charge in [-0.15, -0.1) is 0 Å². The van der Waals surface area contributed by atoms with Crippen molar-refractivity contribution in [2.45, 2.75) is 109 Å². The second-order valence-electron chi connectivity index (χ2n) is 14.4. The molecule has 2 saturated carbocycles. The summed E-state index contributed by atoms with van der Waals surface area (Å²) in [5.41, 5.74) is 2.67. The smallest absolute Gasteiger partial charge is 0.408 e. The van der Waals surface area contributed by atoms with Crippen LogP contribution < -0.4 is 16.0 Å². The molecule has 3 N–H and O–H groups in total. The van der Waals surface area contributed by atoms with E-state index in [1.165, 1.54) is 0 Å². The summed E-state index contributed by atoms with van der Waals surface area (Å²) in [5.74, 6) is 0.459. The number of ether oxygens (including phenoxy) is 1. The molecule has 1 aromatic heterocycles. The quantitative estimate of drug-likeness (QED) is 0.352. The number of aryl methyl sites for hydroxylation is 1. The second kappa shape index (κ2) is 12.1. The average molecular weight is 619 g/mol. The number of nitrogens with zero attached hydrogens (tertiary/aromatic N) is 3. The van der Waals surface area contributed by atoms with E-state index in [0.29, 0.717) is 36.2 Å². The van der Waals surface area contributed by atoms with Crippen LogP contribution in [-0.4, -0.2) is 62.7 Å². The fourth-order valence-corrected chi connectivity index (χ4v) is 7.16. The van der Waals surface area contributed by atoms with Gasteiger partial charge in [-0.2, -0.15) is 5.10 Å². The molecule has 0 radical (unpaired) electrons. The van der Waals surface area contributed by atoms with Crippen LogP contribution in [0.4, 0.5) is 10.5 Å². The molecule has 3 atom stereocenters. The molecular formula is C34H46N6O5. The lowest BCUT2D eigenvalue weighted by molar-refractivity contribution is -0.131. The normalized spacial score (nSPS) is 22.0. The van der Waals surface area contributed by atoms with Crippen molar-refractivity contribution in [2.24, 2.45) is 17.8 Å². The molecule has 3 aliphatic carbocycles. The van der Waals surface area contributed by atoms with Gasteiger partial charge in [-0.1, -0.05) is 6.07 Å². The van der Waals surface area contributed by atoms with E-state index in [0.717, 1.165) is 49.7 Å². The number of likely N-dealkylation sites (tertiary alicyclic amines) is 1. The van der Waals surface area contributed by atoms with Crippen LogP contribution in [0.3, 0.4) is 0 Å². The maximum atomic E-state index is 13.9. The Morgan fingerprint density at radius 2 is 1.71 bits per heavy atom. The summed E-state index contributed by atoms with van der Waals surface area (Å²) >= 11 is 0. The second-order valence-corrected chi connectivity index (χ2v) is 14.4. The molecule has 242 valence electrons. The monoisotopic (exact) mass is 618 g/mol. The number of nitrogens with one attached hydrogen (secondary N) is 3. The Bertz CT molecular complexity index is 1460. The van der Waals surface area contributed by atoms with E-state index in [2.05, 4.69) is 21.0 Å². The summed E-state index contributed by atoms with van der Waals surface area (Å²) < 4.78 is 7.03. The van der Waals surface area contributed by atoms with Gasteiger partial charge in [0.2, 0.25) is 11.8 Å². The van der Waals surface area contributed by atoms with Crippen LogP contribution in [0.2, 0.25) is 0 Å². The molecule has 3 fully saturated rings. The van der Waals surface area contributed by atoms with Crippen LogP contribution in [0, 0.1) is 17.8 Å². The zero-order valence-electron chi connectivity index (χ0n) is 27.0. The Morgan fingerprint density at radius 3 is 2.36 bits per heavy atom. The molecular weight excluding hydrogens is 572 g/mol. The van der Waals surface area contributed by atoms with Crippen LogP contribution >= 0.6 is 0 Å². The summed E-state index contributed by atoms with van der Waals surface area (Å²) in [4.78, 5) is 54.8.